The molecule has 146 valence electrons. The number of amides is 2. The molecule has 0 aliphatic carbocycles. The van der Waals surface area contributed by atoms with E-state index in [1.165, 1.54) is 0 Å². The number of nitrogens with zero attached hydrogens (tertiary/aromatic N) is 4. The fourth-order valence-electron chi connectivity index (χ4n) is 2.86. The van der Waals surface area contributed by atoms with Crippen LogP contribution in [0.25, 0.3) is 0 Å². The maximum Gasteiger partial charge on any atom is 0.410 e. The van der Waals surface area contributed by atoms with E-state index >= 15 is 0 Å². The van der Waals surface area contributed by atoms with Crippen molar-refractivity contribution < 1.29 is 14.3 Å². The van der Waals surface area contributed by atoms with Gasteiger partial charge in [-0.1, -0.05) is 0 Å². The summed E-state index contributed by atoms with van der Waals surface area (Å²) in [6.07, 6.45) is -0.254. The highest BCUT2D eigenvalue weighted by Gasteiger charge is 2.25. The first-order valence-electron chi connectivity index (χ1n) is 9.12. The molecule has 0 unspecified atom stereocenters. The zero-order chi connectivity index (χ0) is 19.3. The van der Waals surface area contributed by atoms with Gasteiger partial charge in [-0.05, 0) is 40.7 Å². The number of hydrogen-bond acceptors (Lipinski definition) is 5. The summed E-state index contributed by atoms with van der Waals surface area (Å²) >= 11 is 0. The van der Waals surface area contributed by atoms with E-state index in [0.717, 1.165) is 31.0 Å². The largest absolute Gasteiger partial charge is 0.444 e. The number of ether oxygens (including phenoxy) is 1. The van der Waals surface area contributed by atoms with Gasteiger partial charge in [0.25, 0.3) is 0 Å². The van der Waals surface area contributed by atoms with Crippen molar-refractivity contribution >= 4 is 12.0 Å². The minimum absolute atomic E-state index is 0.0383. The normalized spacial score (nSPS) is 15.8. The first kappa shape index (κ1) is 20.2. The van der Waals surface area contributed by atoms with Crippen LogP contribution in [0.3, 0.4) is 0 Å². The number of piperazine rings is 1. The van der Waals surface area contributed by atoms with E-state index in [-0.39, 0.29) is 18.5 Å². The molecule has 1 fully saturated rings. The third kappa shape index (κ3) is 6.33. The summed E-state index contributed by atoms with van der Waals surface area (Å²) in [5.74, 6) is -0.0383. The molecule has 1 aliphatic rings. The number of nitrogens with one attached hydrogen (secondary N) is 1. The molecule has 0 aromatic carbocycles. The van der Waals surface area contributed by atoms with Gasteiger partial charge < -0.3 is 15.0 Å². The lowest BCUT2D eigenvalue weighted by Gasteiger charge is -2.35. The minimum atomic E-state index is -0.468. The zero-order valence-corrected chi connectivity index (χ0v) is 16.5. The molecule has 1 aromatic rings. The average Bonchev–Trinajstić information content (AvgIpc) is 2.83. The maximum absolute atomic E-state index is 12.0. The molecule has 1 saturated heterocycles. The van der Waals surface area contributed by atoms with E-state index < -0.39 is 5.60 Å². The molecule has 8 heteroatoms. The second-order valence-corrected chi connectivity index (χ2v) is 7.74. The van der Waals surface area contributed by atoms with Crippen LogP contribution < -0.4 is 5.32 Å². The van der Waals surface area contributed by atoms with Gasteiger partial charge >= 0.3 is 6.09 Å². The van der Waals surface area contributed by atoms with Crippen molar-refractivity contribution in [3.63, 3.8) is 0 Å². The van der Waals surface area contributed by atoms with E-state index in [1.54, 1.807) is 9.58 Å². The molecule has 0 bridgehead atoms. The summed E-state index contributed by atoms with van der Waals surface area (Å²) in [6, 6.07) is 1.96. The predicted molar refractivity (Wildman–Crippen MR) is 99.0 cm³/mol. The van der Waals surface area contributed by atoms with Gasteiger partial charge in [0.2, 0.25) is 5.91 Å². The van der Waals surface area contributed by atoms with E-state index in [1.807, 2.05) is 40.7 Å². The summed E-state index contributed by atoms with van der Waals surface area (Å²) < 4.78 is 7.11. The van der Waals surface area contributed by atoms with Crippen LogP contribution in [0.5, 0.6) is 0 Å². The molecule has 1 N–H and O–H groups in total. The van der Waals surface area contributed by atoms with Crippen molar-refractivity contribution in [1.82, 2.24) is 24.9 Å². The number of hydrogen-bond donors (Lipinski definition) is 1. The Morgan fingerprint density at radius 1 is 1.19 bits per heavy atom. The Bertz CT molecular complexity index is 627. The molecule has 2 heterocycles. The Hall–Kier alpha value is -2.09. The Labute approximate surface area is 155 Å². The van der Waals surface area contributed by atoms with E-state index in [0.29, 0.717) is 19.6 Å². The lowest BCUT2D eigenvalue weighted by atomic mass is 10.2. The third-order valence-corrected chi connectivity index (χ3v) is 4.17. The first-order valence-corrected chi connectivity index (χ1v) is 9.12. The molecule has 0 radical (unpaired) electrons. The minimum Gasteiger partial charge on any atom is -0.444 e. The molecule has 0 saturated carbocycles. The number of carbonyl (C=O) groups is 2. The van der Waals surface area contributed by atoms with Crippen molar-refractivity contribution in [3.05, 3.63) is 17.5 Å². The average molecular weight is 365 g/mol. The Morgan fingerprint density at radius 3 is 2.38 bits per heavy atom. The Balaban J connectivity index is 1.65. The van der Waals surface area contributed by atoms with Gasteiger partial charge in [0.15, 0.2) is 0 Å². The zero-order valence-electron chi connectivity index (χ0n) is 16.5. The van der Waals surface area contributed by atoms with Gasteiger partial charge in [-0.2, -0.15) is 5.10 Å². The fourth-order valence-corrected chi connectivity index (χ4v) is 2.86. The SMILES string of the molecule is Cc1cc(C)n(CC(=O)NCCN2CCN(C(=O)OC(C)(C)C)CC2)n1. The van der Waals surface area contributed by atoms with Crippen LogP contribution in [0, 0.1) is 13.8 Å². The summed E-state index contributed by atoms with van der Waals surface area (Å²) in [4.78, 5) is 28.1. The van der Waals surface area contributed by atoms with Crippen molar-refractivity contribution in [2.75, 3.05) is 39.3 Å². The van der Waals surface area contributed by atoms with Gasteiger partial charge in [-0.25, -0.2) is 4.79 Å². The molecular weight excluding hydrogens is 334 g/mol. The highest BCUT2D eigenvalue weighted by molar-refractivity contribution is 5.75. The summed E-state index contributed by atoms with van der Waals surface area (Å²) in [5, 5.41) is 7.23. The standard InChI is InChI=1S/C18H31N5O3/c1-14-12-15(2)23(20-14)13-16(24)19-6-7-21-8-10-22(11-9-21)17(25)26-18(3,4)5/h12H,6-11,13H2,1-5H3,(H,19,24). The van der Waals surface area contributed by atoms with Crippen LogP contribution in [-0.4, -0.2) is 76.5 Å². The highest BCUT2D eigenvalue weighted by atomic mass is 16.6. The molecule has 0 spiro atoms. The van der Waals surface area contributed by atoms with Crippen LogP contribution in [0.15, 0.2) is 6.07 Å². The van der Waals surface area contributed by atoms with Gasteiger partial charge in [0.1, 0.15) is 12.1 Å². The summed E-state index contributed by atoms with van der Waals surface area (Å²) in [5.41, 5.74) is 1.43. The second-order valence-electron chi connectivity index (χ2n) is 7.74. The van der Waals surface area contributed by atoms with E-state index in [4.69, 9.17) is 4.74 Å². The molecular formula is C18H31N5O3. The topological polar surface area (TPSA) is 79.7 Å². The molecule has 2 amide bonds. The van der Waals surface area contributed by atoms with Crippen LogP contribution >= 0.6 is 0 Å². The number of carbonyl (C=O) groups excluding carboxylic acids is 2. The fraction of sp³-hybridized carbons (Fsp3) is 0.722. The van der Waals surface area contributed by atoms with Crippen molar-refractivity contribution in [1.29, 1.82) is 0 Å². The Morgan fingerprint density at radius 2 is 1.85 bits per heavy atom. The quantitative estimate of drug-likeness (QED) is 0.847. The highest BCUT2D eigenvalue weighted by Crippen LogP contribution is 2.11. The predicted octanol–water partition coefficient (Wildman–Crippen LogP) is 1.17. The summed E-state index contributed by atoms with van der Waals surface area (Å²) in [7, 11) is 0. The second kappa shape index (κ2) is 8.53. The van der Waals surface area contributed by atoms with Gasteiger partial charge in [-0.3, -0.25) is 14.4 Å². The molecule has 8 nitrogen and oxygen atoms in total. The third-order valence-electron chi connectivity index (χ3n) is 4.17. The molecule has 26 heavy (non-hydrogen) atoms. The van der Waals surface area contributed by atoms with E-state index in [9.17, 15) is 9.59 Å². The number of aromatic nitrogens is 2. The summed E-state index contributed by atoms with van der Waals surface area (Å²) in [6.45, 7) is 13.9. The molecule has 2 rings (SSSR count). The van der Waals surface area contributed by atoms with Crippen LogP contribution in [0.1, 0.15) is 32.2 Å². The van der Waals surface area contributed by atoms with Gasteiger partial charge in [0, 0.05) is 45.0 Å². The maximum atomic E-state index is 12.0. The first-order chi connectivity index (χ1) is 12.1. The van der Waals surface area contributed by atoms with Crippen molar-refractivity contribution in [2.45, 2.75) is 46.8 Å². The smallest absolute Gasteiger partial charge is 0.410 e. The van der Waals surface area contributed by atoms with Gasteiger partial charge in [0.05, 0.1) is 5.69 Å². The lowest BCUT2D eigenvalue weighted by molar-refractivity contribution is -0.121. The number of rotatable bonds is 5. The van der Waals surface area contributed by atoms with Crippen molar-refractivity contribution in [2.24, 2.45) is 0 Å². The van der Waals surface area contributed by atoms with Crippen LogP contribution in [0.4, 0.5) is 4.79 Å². The van der Waals surface area contributed by atoms with E-state index in [2.05, 4.69) is 15.3 Å². The lowest BCUT2D eigenvalue weighted by Crippen LogP contribution is -2.51. The number of aryl methyl sites for hydroxylation is 2. The van der Waals surface area contributed by atoms with Crippen LogP contribution in [0.2, 0.25) is 0 Å². The van der Waals surface area contributed by atoms with Gasteiger partial charge in [-0.15, -0.1) is 0 Å². The molecule has 1 aliphatic heterocycles. The Kier molecular flexibility index (Phi) is 6.63. The molecule has 1 aromatic heterocycles. The van der Waals surface area contributed by atoms with Crippen molar-refractivity contribution in [3.8, 4) is 0 Å². The van der Waals surface area contributed by atoms with Crippen LogP contribution in [-0.2, 0) is 16.1 Å². The monoisotopic (exact) mass is 365 g/mol. The molecule has 0 atom stereocenters.